The molecular formula is C15H19ClO5. The monoisotopic (exact) mass is 314 g/mol. The lowest BCUT2D eigenvalue weighted by molar-refractivity contribution is -0.180. The van der Waals surface area contributed by atoms with E-state index in [1.165, 1.54) is 6.07 Å². The molecule has 0 aromatic heterocycles. The van der Waals surface area contributed by atoms with Gasteiger partial charge in [0.05, 0.1) is 5.92 Å². The van der Waals surface area contributed by atoms with Crippen LogP contribution in [0.25, 0.3) is 0 Å². The maximum Gasteiger partial charge on any atom is 0.516 e. The quantitative estimate of drug-likeness (QED) is 0.466. The molecule has 0 aliphatic rings. The Balaban J connectivity index is 2.62. The van der Waals surface area contributed by atoms with E-state index in [2.05, 4.69) is 0 Å². The summed E-state index contributed by atoms with van der Waals surface area (Å²) < 4.78 is 15.1. The Morgan fingerprint density at radius 3 is 2.29 bits per heavy atom. The molecule has 0 aliphatic heterocycles. The Hall–Kier alpha value is -1.75. The minimum atomic E-state index is -0.994. The molecule has 0 N–H and O–H groups in total. The fraction of sp³-hybridized carbons (Fsp3) is 0.467. The Morgan fingerprint density at radius 1 is 1.10 bits per heavy atom. The lowest BCUT2D eigenvalue weighted by atomic mass is 10.2. The lowest BCUT2D eigenvalue weighted by Crippen LogP contribution is -2.32. The van der Waals surface area contributed by atoms with Gasteiger partial charge < -0.3 is 14.2 Å². The van der Waals surface area contributed by atoms with Gasteiger partial charge in [-0.2, -0.15) is 0 Å². The normalized spacial score (nSPS) is 12.1. The van der Waals surface area contributed by atoms with Crippen molar-refractivity contribution >= 4 is 23.7 Å². The van der Waals surface area contributed by atoms with Crippen LogP contribution in [0, 0.1) is 11.8 Å². The predicted octanol–water partition coefficient (Wildman–Crippen LogP) is 4.04. The van der Waals surface area contributed by atoms with E-state index in [-0.39, 0.29) is 17.6 Å². The van der Waals surface area contributed by atoms with Gasteiger partial charge in [-0.3, -0.25) is 4.79 Å². The van der Waals surface area contributed by atoms with Crippen molar-refractivity contribution in [2.24, 2.45) is 11.8 Å². The molecule has 1 aromatic carbocycles. The number of benzene rings is 1. The zero-order valence-electron chi connectivity index (χ0n) is 12.5. The maximum absolute atomic E-state index is 11.7. The Labute approximate surface area is 129 Å². The van der Waals surface area contributed by atoms with Crippen LogP contribution in [0.15, 0.2) is 24.3 Å². The minimum Gasteiger partial charge on any atom is -0.425 e. The van der Waals surface area contributed by atoms with E-state index >= 15 is 0 Å². The van der Waals surface area contributed by atoms with Crippen LogP contribution < -0.4 is 4.74 Å². The van der Waals surface area contributed by atoms with E-state index in [9.17, 15) is 9.59 Å². The Kier molecular flexibility index (Phi) is 6.49. The van der Waals surface area contributed by atoms with Crippen LogP contribution >= 0.6 is 11.6 Å². The molecular weight excluding hydrogens is 296 g/mol. The van der Waals surface area contributed by atoms with E-state index in [4.69, 9.17) is 25.8 Å². The van der Waals surface area contributed by atoms with Gasteiger partial charge in [0.1, 0.15) is 5.75 Å². The number of esters is 1. The average Bonchev–Trinajstić information content (AvgIpc) is 2.37. The van der Waals surface area contributed by atoms with Gasteiger partial charge in [0.2, 0.25) is 0 Å². The number of rotatable bonds is 5. The molecule has 1 atom stereocenters. The molecule has 0 amide bonds. The molecule has 0 heterocycles. The summed E-state index contributed by atoms with van der Waals surface area (Å²) in [6.45, 7) is 6.93. The summed E-state index contributed by atoms with van der Waals surface area (Å²) in [5, 5.41) is 0.437. The van der Waals surface area contributed by atoms with Gasteiger partial charge in [-0.25, -0.2) is 4.79 Å². The summed E-state index contributed by atoms with van der Waals surface area (Å²) in [7, 11) is 0. The molecule has 0 aliphatic carbocycles. The van der Waals surface area contributed by atoms with Crippen molar-refractivity contribution in [3.05, 3.63) is 29.3 Å². The molecule has 0 radical (unpaired) electrons. The standard InChI is InChI=1S/C15H19ClO5/c1-9(2)13(17)20-14(10(3)4)21-15(18)19-12-7-5-6-11(16)8-12/h5-10,14H,1-4H3. The summed E-state index contributed by atoms with van der Waals surface area (Å²) in [6.07, 6.45) is -1.95. The van der Waals surface area contributed by atoms with Crippen LogP contribution in [0.5, 0.6) is 5.75 Å². The summed E-state index contributed by atoms with van der Waals surface area (Å²) in [5.74, 6) is -0.687. The van der Waals surface area contributed by atoms with Crippen LogP contribution in [0.1, 0.15) is 27.7 Å². The molecule has 0 spiro atoms. The molecule has 21 heavy (non-hydrogen) atoms. The molecule has 0 fully saturated rings. The fourth-order valence-electron chi connectivity index (χ4n) is 1.29. The summed E-state index contributed by atoms with van der Waals surface area (Å²) in [6, 6.07) is 6.34. The highest BCUT2D eigenvalue weighted by atomic mass is 35.5. The van der Waals surface area contributed by atoms with Crippen LogP contribution in [0.4, 0.5) is 4.79 Å². The fourth-order valence-corrected chi connectivity index (χ4v) is 1.47. The first-order valence-corrected chi connectivity index (χ1v) is 7.02. The van der Waals surface area contributed by atoms with Crippen molar-refractivity contribution in [3.8, 4) is 5.75 Å². The van der Waals surface area contributed by atoms with Crippen LogP contribution in [0.3, 0.4) is 0 Å². The third-order valence-corrected chi connectivity index (χ3v) is 2.69. The second-order valence-corrected chi connectivity index (χ2v) is 5.57. The molecule has 5 nitrogen and oxygen atoms in total. The van der Waals surface area contributed by atoms with E-state index in [0.717, 1.165) is 0 Å². The molecule has 1 unspecified atom stereocenters. The third kappa shape index (κ3) is 6.04. The van der Waals surface area contributed by atoms with Crippen molar-refractivity contribution in [2.45, 2.75) is 34.0 Å². The second-order valence-electron chi connectivity index (χ2n) is 5.13. The molecule has 0 bridgehead atoms. The number of hydrogen-bond acceptors (Lipinski definition) is 5. The van der Waals surface area contributed by atoms with Crippen LogP contribution in [0.2, 0.25) is 5.02 Å². The lowest BCUT2D eigenvalue weighted by Gasteiger charge is -2.21. The molecule has 1 rings (SSSR count). The average molecular weight is 315 g/mol. The van der Waals surface area contributed by atoms with E-state index < -0.39 is 18.4 Å². The largest absolute Gasteiger partial charge is 0.516 e. The van der Waals surface area contributed by atoms with Crippen LogP contribution in [-0.4, -0.2) is 18.4 Å². The van der Waals surface area contributed by atoms with Gasteiger partial charge >= 0.3 is 12.1 Å². The predicted molar refractivity (Wildman–Crippen MR) is 78.1 cm³/mol. The Bertz CT molecular complexity index is 499. The van der Waals surface area contributed by atoms with Crippen molar-refractivity contribution in [2.75, 3.05) is 0 Å². The second kappa shape index (κ2) is 7.88. The smallest absolute Gasteiger partial charge is 0.425 e. The summed E-state index contributed by atoms with van der Waals surface area (Å²) in [4.78, 5) is 23.3. The summed E-state index contributed by atoms with van der Waals surface area (Å²) in [5.41, 5.74) is 0. The summed E-state index contributed by atoms with van der Waals surface area (Å²) >= 11 is 5.79. The first kappa shape index (κ1) is 17.3. The van der Waals surface area contributed by atoms with Gasteiger partial charge in [0, 0.05) is 10.9 Å². The zero-order chi connectivity index (χ0) is 16.0. The zero-order valence-corrected chi connectivity index (χ0v) is 13.2. The van der Waals surface area contributed by atoms with Crippen molar-refractivity contribution in [3.63, 3.8) is 0 Å². The first-order valence-electron chi connectivity index (χ1n) is 6.64. The van der Waals surface area contributed by atoms with Crippen LogP contribution in [-0.2, 0) is 14.3 Å². The van der Waals surface area contributed by atoms with E-state index in [1.54, 1.807) is 45.9 Å². The maximum atomic E-state index is 11.7. The SMILES string of the molecule is CC(C)C(=O)OC(OC(=O)Oc1cccc(Cl)c1)C(C)C. The molecule has 0 saturated carbocycles. The van der Waals surface area contributed by atoms with Gasteiger partial charge in [-0.05, 0) is 18.2 Å². The van der Waals surface area contributed by atoms with E-state index in [0.29, 0.717) is 5.02 Å². The molecule has 6 heteroatoms. The minimum absolute atomic E-state index is 0.195. The number of halogens is 1. The third-order valence-electron chi connectivity index (χ3n) is 2.46. The van der Waals surface area contributed by atoms with Gasteiger partial charge in [0.15, 0.2) is 0 Å². The van der Waals surface area contributed by atoms with Crippen molar-refractivity contribution in [1.82, 2.24) is 0 Å². The van der Waals surface area contributed by atoms with E-state index in [1.807, 2.05) is 0 Å². The molecule has 1 aromatic rings. The number of carbonyl (C=O) groups excluding carboxylic acids is 2. The van der Waals surface area contributed by atoms with Crippen molar-refractivity contribution < 1.29 is 23.8 Å². The Morgan fingerprint density at radius 2 is 1.76 bits per heavy atom. The molecule has 0 saturated heterocycles. The van der Waals surface area contributed by atoms with Crippen molar-refractivity contribution in [1.29, 1.82) is 0 Å². The number of ether oxygens (including phenoxy) is 3. The highest BCUT2D eigenvalue weighted by Gasteiger charge is 2.25. The van der Waals surface area contributed by atoms with Gasteiger partial charge in [-0.1, -0.05) is 45.4 Å². The first-order chi connectivity index (χ1) is 9.79. The van der Waals surface area contributed by atoms with Gasteiger partial charge in [0.25, 0.3) is 6.29 Å². The van der Waals surface area contributed by atoms with Gasteiger partial charge in [-0.15, -0.1) is 0 Å². The molecule has 116 valence electrons. The number of hydrogen-bond donors (Lipinski definition) is 0. The highest BCUT2D eigenvalue weighted by molar-refractivity contribution is 6.30. The highest BCUT2D eigenvalue weighted by Crippen LogP contribution is 2.19. The number of carbonyl (C=O) groups is 2. The topological polar surface area (TPSA) is 61.8 Å².